The van der Waals surface area contributed by atoms with Gasteiger partial charge in [0.1, 0.15) is 6.54 Å². The molecule has 0 spiro atoms. The third-order valence-corrected chi connectivity index (χ3v) is 5.12. The molecule has 5 nitrogen and oxygen atoms in total. The number of aliphatic carboxylic acids is 1. The fourth-order valence-corrected chi connectivity index (χ4v) is 3.72. The van der Waals surface area contributed by atoms with Crippen LogP contribution in [0.5, 0.6) is 0 Å². The van der Waals surface area contributed by atoms with E-state index in [9.17, 15) is 13.2 Å². The smallest absolute Gasteiger partial charge is 0.323 e. The van der Waals surface area contributed by atoms with Crippen LogP contribution in [-0.4, -0.2) is 38.3 Å². The number of fused-ring (bicyclic) bond motifs is 1. The van der Waals surface area contributed by atoms with E-state index >= 15 is 0 Å². The zero-order valence-electron chi connectivity index (χ0n) is 10.8. The fraction of sp³-hybridized carbons (Fsp3) is 0.462. The molecule has 2 rings (SSSR count). The van der Waals surface area contributed by atoms with Gasteiger partial charge in [0.25, 0.3) is 0 Å². The number of anilines is 1. The van der Waals surface area contributed by atoms with Crippen molar-refractivity contribution in [2.24, 2.45) is 0 Å². The summed E-state index contributed by atoms with van der Waals surface area (Å²) in [6.07, 6.45) is 1.28. The molecule has 0 amide bonds. The highest BCUT2D eigenvalue weighted by molar-refractivity contribution is 7.91. The van der Waals surface area contributed by atoms with Crippen molar-refractivity contribution in [2.75, 3.05) is 23.7 Å². The van der Waals surface area contributed by atoms with Crippen LogP contribution < -0.4 is 4.90 Å². The molecule has 0 unspecified atom stereocenters. The van der Waals surface area contributed by atoms with E-state index < -0.39 is 15.8 Å². The molecule has 0 saturated heterocycles. The van der Waals surface area contributed by atoms with E-state index in [0.29, 0.717) is 24.3 Å². The van der Waals surface area contributed by atoms with Gasteiger partial charge in [0.15, 0.2) is 9.84 Å². The number of carboxylic acids is 1. The maximum atomic E-state index is 12.0. The summed E-state index contributed by atoms with van der Waals surface area (Å²) in [5.74, 6) is -0.736. The molecule has 0 atom stereocenters. The first-order chi connectivity index (χ1) is 8.94. The summed E-state index contributed by atoms with van der Waals surface area (Å²) in [4.78, 5) is 12.8. The molecular formula is C13H17NO4S. The highest BCUT2D eigenvalue weighted by Crippen LogP contribution is 2.30. The number of benzene rings is 1. The van der Waals surface area contributed by atoms with Gasteiger partial charge in [-0.15, -0.1) is 0 Å². The van der Waals surface area contributed by atoms with E-state index in [-0.39, 0.29) is 12.3 Å². The topological polar surface area (TPSA) is 74.7 Å². The Kier molecular flexibility index (Phi) is 3.80. The van der Waals surface area contributed by atoms with Gasteiger partial charge in [-0.3, -0.25) is 4.79 Å². The lowest BCUT2D eigenvalue weighted by Crippen LogP contribution is -2.27. The molecular weight excluding hydrogens is 266 g/mol. The number of sulfone groups is 1. The number of rotatable bonds is 5. The molecule has 6 heteroatoms. The summed E-state index contributed by atoms with van der Waals surface area (Å²) < 4.78 is 24.0. The first-order valence-corrected chi connectivity index (χ1v) is 7.91. The average molecular weight is 283 g/mol. The number of nitrogens with zero attached hydrogens (tertiary/aromatic N) is 1. The van der Waals surface area contributed by atoms with Gasteiger partial charge < -0.3 is 10.0 Å². The Morgan fingerprint density at radius 3 is 2.79 bits per heavy atom. The SMILES string of the molecule is CCCS(=O)(=O)c1ccc2c(c1)CCN2CC(=O)O. The van der Waals surface area contributed by atoms with Crippen LogP contribution in [0.1, 0.15) is 18.9 Å². The molecule has 1 aromatic rings. The second kappa shape index (κ2) is 5.21. The summed E-state index contributed by atoms with van der Waals surface area (Å²) >= 11 is 0. The van der Waals surface area contributed by atoms with Crippen molar-refractivity contribution in [3.05, 3.63) is 23.8 Å². The maximum Gasteiger partial charge on any atom is 0.323 e. The minimum absolute atomic E-state index is 0.0476. The molecule has 0 radical (unpaired) electrons. The minimum atomic E-state index is -3.21. The molecule has 19 heavy (non-hydrogen) atoms. The van der Waals surface area contributed by atoms with Crippen molar-refractivity contribution in [3.8, 4) is 0 Å². The lowest BCUT2D eigenvalue weighted by atomic mass is 10.2. The van der Waals surface area contributed by atoms with Gasteiger partial charge in [0, 0.05) is 12.2 Å². The second-order valence-corrected chi connectivity index (χ2v) is 6.78. The van der Waals surface area contributed by atoms with Crippen LogP contribution in [0.15, 0.2) is 23.1 Å². The summed E-state index contributed by atoms with van der Waals surface area (Å²) in [6, 6.07) is 4.97. The van der Waals surface area contributed by atoms with Crippen LogP contribution >= 0.6 is 0 Å². The number of hydrogen-bond donors (Lipinski definition) is 1. The van der Waals surface area contributed by atoms with E-state index in [1.54, 1.807) is 23.1 Å². The molecule has 0 saturated carbocycles. The zero-order valence-corrected chi connectivity index (χ0v) is 11.6. The average Bonchev–Trinajstić information content (AvgIpc) is 2.71. The Hall–Kier alpha value is -1.56. The maximum absolute atomic E-state index is 12.0. The molecule has 1 aliphatic rings. The normalized spacial score (nSPS) is 14.5. The van der Waals surface area contributed by atoms with Gasteiger partial charge in [-0.1, -0.05) is 6.92 Å². The second-order valence-electron chi connectivity index (χ2n) is 4.67. The number of carbonyl (C=O) groups is 1. The van der Waals surface area contributed by atoms with Crippen LogP contribution in [0.3, 0.4) is 0 Å². The lowest BCUT2D eigenvalue weighted by Gasteiger charge is -2.16. The minimum Gasteiger partial charge on any atom is -0.480 e. The predicted molar refractivity (Wildman–Crippen MR) is 72.3 cm³/mol. The summed E-state index contributed by atoms with van der Waals surface area (Å²) in [5.41, 5.74) is 1.75. The monoisotopic (exact) mass is 283 g/mol. The summed E-state index contributed by atoms with van der Waals surface area (Å²) in [6.45, 7) is 2.41. The number of hydrogen-bond acceptors (Lipinski definition) is 4. The first kappa shape index (κ1) is 13.9. The van der Waals surface area contributed by atoms with Crippen LogP contribution in [-0.2, 0) is 21.1 Å². The van der Waals surface area contributed by atoms with Crippen LogP contribution in [0.2, 0.25) is 0 Å². The fourth-order valence-electron chi connectivity index (χ4n) is 2.35. The Morgan fingerprint density at radius 1 is 1.42 bits per heavy atom. The van der Waals surface area contributed by atoms with Crippen molar-refractivity contribution in [1.29, 1.82) is 0 Å². The molecule has 1 heterocycles. The van der Waals surface area contributed by atoms with Gasteiger partial charge in [0.2, 0.25) is 0 Å². The Balaban J connectivity index is 2.30. The Morgan fingerprint density at radius 2 is 2.16 bits per heavy atom. The molecule has 0 aromatic heterocycles. The molecule has 0 fully saturated rings. The van der Waals surface area contributed by atoms with E-state index in [1.165, 1.54) is 0 Å². The third kappa shape index (κ3) is 2.89. The standard InChI is InChI=1S/C13H17NO4S/c1-2-7-19(17,18)11-3-4-12-10(8-11)5-6-14(12)9-13(15)16/h3-4,8H,2,5-7,9H2,1H3,(H,15,16). The van der Waals surface area contributed by atoms with Crippen molar-refractivity contribution in [3.63, 3.8) is 0 Å². The van der Waals surface area contributed by atoms with Gasteiger partial charge in [0.05, 0.1) is 10.6 Å². The largest absolute Gasteiger partial charge is 0.480 e. The van der Waals surface area contributed by atoms with Crippen molar-refractivity contribution >= 4 is 21.5 Å². The lowest BCUT2D eigenvalue weighted by molar-refractivity contribution is -0.135. The highest BCUT2D eigenvalue weighted by atomic mass is 32.2. The van der Waals surface area contributed by atoms with Crippen LogP contribution in [0.25, 0.3) is 0 Å². The van der Waals surface area contributed by atoms with Crippen molar-refractivity contribution in [2.45, 2.75) is 24.7 Å². The zero-order chi connectivity index (χ0) is 14.0. The van der Waals surface area contributed by atoms with E-state index in [4.69, 9.17) is 5.11 Å². The third-order valence-electron chi connectivity index (χ3n) is 3.20. The highest BCUT2D eigenvalue weighted by Gasteiger charge is 2.23. The summed E-state index contributed by atoms with van der Waals surface area (Å²) in [7, 11) is -3.21. The molecule has 104 valence electrons. The Labute approximate surface area is 112 Å². The molecule has 1 aliphatic heterocycles. The first-order valence-electron chi connectivity index (χ1n) is 6.26. The van der Waals surface area contributed by atoms with Crippen LogP contribution in [0.4, 0.5) is 5.69 Å². The number of carboxylic acid groups (broad SMARTS) is 1. The predicted octanol–water partition coefficient (Wildman–Crippen LogP) is 1.32. The molecule has 1 aromatic carbocycles. The van der Waals surface area contributed by atoms with E-state index in [1.807, 2.05) is 6.92 Å². The quantitative estimate of drug-likeness (QED) is 0.882. The summed E-state index contributed by atoms with van der Waals surface area (Å²) in [5, 5.41) is 8.82. The van der Waals surface area contributed by atoms with Crippen molar-refractivity contribution in [1.82, 2.24) is 0 Å². The molecule has 0 aliphatic carbocycles. The van der Waals surface area contributed by atoms with E-state index in [0.717, 1.165) is 11.3 Å². The van der Waals surface area contributed by atoms with E-state index in [2.05, 4.69) is 0 Å². The molecule has 1 N–H and O–H groups in total. The van der Waals surface area contributed by atoms with Gasteiger partial charge in [-0.25, -0.2) is 8.42 Å². The van der Waals surface area contributed by atoms with Gasteiger partial charge >= 0.3 is 5.97 Å². The van der Waals surface area contributed by atoms with Gasteiger partial charge in [-0.05, 0) is 36.6 Å². The Bertz CT molecular complexity index is 595. The van der Waals surface area contributed by atoms with Gasteiger partial charge in [-0.2, -0.15) is 0 Å². The van der Waals surface area contributed by atoms with Crippen molar-refractivity contribution < 1.29 is 18.3 Å². The molecule has 0 bridgehead atoms. The van der Waals surface area contributed by atoms with Crippen LogP contribution in [0, 0.1) is 0 Å².